The number of ether oxygens (including phenoxy) is 2. The molecule has 3 N–H and O–H groups in total. The Balaban J connectivity index is 3.16. The van der Waals surface area contributed by atoms with Gasteiger partial charge in [-0.05, 0) is 6.07 Å². The maximum absolute atomic E-state index is 13.8. The summed E-state index contributed by atoms with van der Waals surface area (Å²) in [7, 11) is 2.73. The Hall–Kier alpha value is -1.82. The SMILES string of the molecule is COc1cc(OC)c(F)c(C(N)CC(=O)O)c1. The molecule has 1 aromatic carbocycles. The van der Waals surface area contributed by atoms with Crippen molar-refractivity contribution in [3.63, 3.8) is 0 Å². The highest BCUT2D eigenvalue weighted by Crippen LogP contribution is 2.31. The lowest BCUT2D eigenvalue weighted by molar-refractivity contribution is -0.137. The predicted octanol–water partition coefficient (Wildman–Crippen LogP) is 1.32. The van der Waals surface area contributed by atoms with Crippen LogP contribution in [-0.4, -0.2) is 25.3 Å². The molecule has 0 aliphatic rings. The van der Waals surface area contributed by atoms with Gasteiger partial charge in [0.15, 0.2) is 11.6 Å². The molecule has 0 aromatic heterocycles. The Labute approximate surface area is 97.9 Å². The van der Waals surface area contributed by atoms with Crippen LogP contribution < -0.4 is 15.2 Å². The maximum Gasteiger partial charge on any atom is 0.305 e. The lowest BCUT2D eigenvalue weighted by atomic mass is 10.0. The molecule has 0 radical (unpaired) electrons. The zero-order valence-electron chi connectivity index (χ0n) is 9.57. The molecule has 1 atom stereocenters. The van der Waals surface area contributed by atoms with Crippen LogP contribution in [0.5, 0.6) is 11.5 Å². The van der Waals surface area contributed by atoms with E-state index in [1.807, 2.05) is 0 Å². The third kappa shape index (κ3) is 3.07. The van der Waals surface area contributed by atoms with Gasteiger partial charge in [-0.3, -0.25) is 4.79 Å². The summed E-state index contributed by atoms with van der Waals surface area (Å²) >= 11 is 0. The Bertz CT molecular complexity index is 422. The van der Waals surface area contributed by atoms with Crippen molar-refractivity contribution in [2.75, 3.05) is 14.2 Å². The molecule has 5 nitrogen and oxygen atoms in total. The van der Waals surface area contributed by atoms with Crippen LogP contribution in [0.25, 0.3) is 0 Å². The number of hydrogen-bond acceptors (Lipinski definition) is 4. The van der Waals surface area contributed by atoms with Gasteiger partial charge in [-0.1, -0.05) is 0 Å². The minimum atomic E-state index is -1.10. The summed E-state index contributed by atoms with van der Waals surface area (Å²) in [6.45, 7) is 0. The first-order valence-electron chi connectivity index (χ1n) is 4.88. The summed E-state index contributed by atoms with van der Waals surface area (Å²) in [6, 6.07) is 1.79. The number of methoxy groups -OCH3 is 2. The predicted molar refractivity (Wildman–Crippen MR) is 58.7 cm³/mol. The van der Waals surface area contributed by atoms with Gasteiger partial charge in [-0.25, -0.2) is 4.39 Å². The monoisotopic (exact) mass is 243 g/mol. The van der Waals surface area contributed by atoms with Gasteiger partial charge in [0.05, 0.1) is 20.6 Å². The molecule has 94 valence electrons. The van der Waals surface area contributed by atoms with Crippen LogP contribution in [0.1, 0.15) is 18.0 Å². The largest absolute Gasteiger partial charge is 0.497 e. The first-order chi connectivity index (χ1) is 7.99. The van der Waals surface area contributed by atoms with Crippen molar-refractivity contribution < 1.29 is 23.8 Å². The van der Waals surface area contributed by atoms with Gasteiger partial charge in [-0.2, -0.15) is 0 Å². The van der Waals surface area contributed by atoms with E-state index in [2.05, 4.69) is 0 Å². The van der Waals surface area contributed by atoms with Crippen LogP contribution >= 0.6 is 0 Å². The first-order valence-corrected chi connectivity index (χ1v) is 4.88. The highest BCUT2D eigenvalue weighted by Gasteiger charge is 2.19. The third-order valence-corrected chi connectivity index (χ3v) is 2.29. The molecule has 0 saturated carbocycles. The Kier molecular flexibility index (Phi) is 4.28. The van der Waals surface area contributed by atoms with E-state index in [9.17, 15) is 9.18 Å². The fraction of sp³-hybridized carbons (Fsp3) is 0.364. The molecule has 0 heterocycles. The molecule has 0 bridgehead atoms. The van der Waals surface area contributed by atoms with E-state index in [1.165, 1.54) is 26.4 Å². The number of carboxylic acid groups (broad SMARTS) is 1. The maximum atomic E-state index is 13.8. The number of hydrogen-bond donors (Lipinski definition) is 2. The van der Waals surface area contributed by atoms with Gasteiger partial charge in [0.2, 0.25) is 0 Å². The second-order valence-corrected chi connectivity index (χ2v) is 3.44. The Morgan fingerprint density at radius 1 is 1.47 bits per heavy atom. The van der Waals surface area contributed by atoms with Crippen molar-refractivity contribution in [1.29, 1.82) is 0 Å². The lowest BCUT2D eigenvalue weighted by Crippen LogP contribution is -2.17. The molecule has 6 heteroatoms. The summed E-state index contributed by atoms with van der Waals surface area (Å²) in [6.07, 6.45) is -0.368. The van der Waals surface area contributed by atoms with Gasteiger partial charge in [0.1, 0.15) is 5.75 Å². The van der Waals surface area contributed by atoms with Crippen molar-refractivity contribution in [3.8, 4) is 11.5 Å². The minimum absolute atomic E-state index is 0.0276. The van der Waals surface area contributed by atoms with Crippen LogP contribution in [0.3, 0.4) is 0 Å². The number of carboxylic acids is 1. The molecule has 0 aliphatic heterocycles. The molecule has 0 aliphatic carbocycles. The normalized spacial score (nSPS) is 12.0. The fourth-order valence-corrected chi connectivity index (χ4v) is 1.43. The van der Waals surface area contributed by atoms with E-state index in [0.717, 1.165) is 0 Å². The standard InChI is InChI=1S/C11H14FNO4/c1-16-6-3-7(8(13)5-10(14)15)11(12)9(4-6)17-2/h3-4,8H,5,13H2,1-2H3,(H,14,15). The molecule has 1 aromatic rings. The van der Waals surface area contributed by atoms with E-state index in [-0.39, 0.29) is 17.7 Å². The number of rotatable bonds is 5. The summed E-state index contributed by atoms with van der Waals surface area (Å²) in [5.41, 5.74) is 5.67. The zero-order chi connectivity index (χ0) is 13.0. The van der Waals surface area contributed by atoms with Gasteiger partial charge in [-0.15, -0.1) is 0 Å². The second kappa shape index (κ2) is 5.49. The molecular formula is C11H14FNO4. The first kappa shape index (κ1) is 13.2. The summed E-state index contributed by atoms with van der Waals surface area (Å²) in [5, 5.41) is 8.62. The zero-order valence-corrected chi connectivity index (χ0v) is 9.57. The molecule has 0 fully saturated rings. The van der Waals surface area contributed by atoms with Crippen molar-refractivity contribution in [1.82, 2.24) is 0 Å². The van der Waals surface area contributed by atoms with E-state index >= 15 is 0 Å². The van der Waals surface area contributed by atoms with E-state index in [1.54, 1.807) is 0 Å². The number of carbonyl (C=O) groups is 1. The minimum Gasteiger partial charge on any atom is -0.497 e. The van der Waals surface area contributed by atoms with Gasteiger partial charge >= 0.3 is 5.97 Å². The Morgan fingerprint density at radius 2 is 2.12 bits per heavy atom. The highest BCUT2D eigenvalue weighted by molar-refractivity contribution is 5.68. The lowest BCUT2D eigenvalue weighted by Gasteiger charge is -2.14. The second-order valence-electron chi connectivity index (χ2n) is 3.44. The highest BCUT2D eigenvalue weighted by atomic mass is 19.1. The van der Waals surface area contributed by atoms with Gasteiger partial charge in [0, 0.05) is 17.7 Å². The summed E-state index contributed by atoms with van der Waals surface area (Å²) in [5.74, 6) is -1.43. The molecule has 1 rings (SSSR count). The number of benzene rings is 1. The Morgan fingerprint density at radius 3 is 2.59 bits per heavy atom. The molecular weight excluding hydrogens is 229 g/mol. The average molecular weight is 243 g/mol. The number of nitrogens with two attached hydrogens (primary N) is 1. The van der Waals surface area contributed by atoms with Crippen LogP contribution in [-0.2, 0) is 4.79 Å². The number of halogens is 1. The summed E-state index contributed by atoms with van der Waals surface area (Å²) in [4.78, 5) is 10.5. The van der Waals surface area contributed by atoms with Crippen LogP contribution in [0.15, 0.2) is 12.1 Å². The van der Waals surface area contributed by atoms with Crippen molar-refractivity contribution >= 4 is 5.97 Å². The van der Waals surface area contributed by atoms with E-state index < -0.39 is 17.8 Å². The van der Waals surface area contributed by atoms with Crippen molar-refractivity contribution in [3.05, 3.63) is 23.5 Å². The molecule has 17 heavy (non-hydrogen) atoms. The number of aliphatic carboxylic acids is 1. The van der Waals surface area contributed by atoms with E-state index in [4.69, 9.17) is 20.3 Å². The van der Waals surface area contributed by atoms with Crippen LogP contribution in [0.2, 0.25) is 0 Å². The molecule has 0 saturated heterocycles. The van der Waals surface area contributed by atoms with Crippen molar-refractivity contribution in [2.45, 2.75) is 12.5 Å². The third-order valence-electron chi connectivity index (χ3n) is 2.29. The van der Waals surface area contributed by atoms with Crippen molar-refractivity contribution in [2.24, 2.45) is 5.73 Å². The summed E-state index contributed by atoms with van der Waals surface area (Å²) < 4.78 is 23.6. The van der Waals surface area contributed by atoms with Crippen LogP contribution in [0.4, 0.5) is 4.39 Å². The fourth-order valence-electron chi connectivity index (χ4n) is 1.43. The molecule has 0 spiro atoms. The quantitative estimate of drug-likeness (QED) is 0.815. The topological polar surface area (TPSA) is 81.8 Å². The van der Waals surface area contributed by atoms with Gasteiger partial charge in [0.25, 0.3) is 0 Å². The molecule has 1 unspecified atom stereocenters. The van der Waals surface area contributed by atoms with Crippen LogP contribution in [0, 0.1) is 5.82 Å². The van der Waals surface area contributed by atoms with E-state index in [0.29, 0.717) is 5.75 Å². The van der Waals surface area contributed by atoms with Gasteiger partial charge < -0.3 is 20.3 Å². The molecule has 0 amide bonds. The smallest absolute Gasteiger partial charge is 0.305 e. The average Bonchev–Trinajstić information content (AvgIpc) is 2.28.